The summed E-state index contributed by atoms with van der Waals surface area (Å²) in [7, 11) is 3.04. The van der Waals surface area contributed by atoms with E-state index in [1.54, 1.807) is 36.2 Å². The molecule has 6 nitrogen and oxygen atoms in total. The van der Waals surface area contributed by atoms with Crippen molar-refractivity contribution in [1.82, 2.24) is 4.90 Å². The highest BCUT2D eigenvalue weighted by Gasteiger charge is 2.10. The van der Waals surface area contributed by atoms with Gasteiger partial charge >= 0.3 is 12.0 Å². The number of esters is 1. The molecule has 0 atom stereocenters. The topological polar surface area (TPSA) is 67.9 Å². The summed E-state index contributed by atoms with van der Waals surface area (Å²) in [6.07, 6.45) is 0. The Labute approximate surface area is 147 Å². The molecule has 0 radical (unpaired) electrons. The minimum absolute atomic E-state index is 0.236. The van der Waals surface area contributed by atoms with Crippen LogP contribution in [0, 0.1) is 0 Å². The minimum Gasteiger partial charge on any atom is -0.494 e. The van der Waals surface area contributed by atoms with Crippen LogP contribution in [0.25, 0.3) is 0 Å². The number of carbonyl (C=O) groups excluding carboxylic acids is 2. The largest absolute Gasteiger partial charge is 0.494 e. The second-order valence-corrected chi connectivity index (χ2v) is 5.43. The minimum atomic E-state index is -0.412. The summed E-state index contributed by atoms with van der Waals surface area (Å²) in [6, 6.07) is 13.9. The smallest absolute Gasteiger partial charge is 0.337 e. The molecule has 2 rings (SSSR count). The summed E-state index contributed by atoms with van der Waals surface area (Å²) in [4.78, 5) is 25.2. The summed E-state index contributed by atoms with van der Waals surface area (Å²) in [5.74, 6) is 0.398. The molecule has 0 heterocycles. The molecule has 0 aliphatic carbocycles. The quantitative estimate of drug-likeness (QED) is 0.816. The van der Waals surface area contributed by atoms with Gasteiger partial charge in [0, 0.05) is 19.3 Å². The predicted octanol–water partition coefficient (Wildman–Crippen LogP) is 3.54. The number of rotatable bonds is 6. The molecule has 0 aliphatic heterocycles. The monoisotopic (exact) mass is 342 g/mol. The van der Waals surface area contributed by atoms with E-state index in [4.69, 9.17) is 4.74 Å². The number of nitrogens with one attached hydrogen (secondary N) is 1. The third kappa shape index (κ3) is 5.24. The number of carbonyl (C=O) groups is 2. The number of benzene rings is 2. The van der Waals surface area contributed by atoms with E-state index >= 15 is 0 Å². The van der Waals surface area contributed by atoms with E-state index in [1.807, 2.05) is 31.2 Å². The zero-order chi connectivity index (χ0) is 18.2. The zero-order valence-electron chi connectivity index (χ0n) is 14.6. The van der Waals surface area contributed by atoms with Crippen molar-refractivity contribution in [2.45, 2.75) is 13.5 Å². The van der Waals surface area contributed by atoms with Gasteiger partial charge in [0.2, 0.25) is 0 Å². The SMILES string of the molecule is CCOc1ccc(CN(C)C(=O)Nc2ccc(C(=O)OC)cc2)cc1. The van der Waals surface area contributed by atoms with Gasteiger partial charge in [-0.2, -0.15) is 0 Å². The highest BCUT2D eigenvalue weighted by molar-refractivity contribution is 5.92. The normalized spacial score (nSPS) is 10.0. The fourth-order valence-corrected chi connectivity index (χ4v) is 2.23. The van der Waals surface area contributed by atoms with Gasteiger partial charge in [0.25, 0.3) is 0 Å². The van der Waals surface area contributed by atoms with Crippen LogP contribution in [-0.4, -0.2) is 37.7 Å². The van der Waals surface area contributed by atoms with Crippen molar-refractivity contribution in [3.63, 3.8) is 0 Å². The molecule has 132 valence electrons. The van der Waals surface area contributed by atoms with Crippen LogP contribution in [0.4, 0.5) is 10.5 Å². The van der Waals surface area contributed by atoms with Crippen LogP contribution in [0.5, 0.6) is 5.75 Å². The maximum Gasteiger partial charge on any atom is 0.337 e. The van der Waals surface area contributed by atoms with Gasteiger partial charge in [-0.15, -0.1) is 0 Å². The van der Waals surface area contributed by atoms with Gasteiger partial charge in [0.05, 0.1) is 19.3 Å². The molecule has 2 aromatic rings. The molecule has 1 N–H and O–H groups in total. The lowest BCUT2D eigenvalue weighted by Gasteiger charge is -2.18. The van der Waals surface area contributed by atoms with Crippen LogP contribution >= 0.6 is 0 Å². The summed E-state index contributed by atoms with van der Waals surface area (Å²) in [6.45, 7) is 3.03. The summed E-state index contributed by atoms with van der Waals surface area (Å²) in [5.41, 5.74) is 2.04. The number of amides is 2. The number of ether oxygens (including phenoxy) is 2. The number of nitrogens with zero attached hydrogens (tertiary/aromatic N) is 1. The second kappa shape index (κ2) is 8.73. The number of methoxy groups -OCH3 is 1. The molecule has 0 spiro atoms. The van der Waals surface area contributed by atoms with E-state index in [1.165, 1.54) is 7.11 Å². The molecule has 0 bridgehead atoms. The number of anilines is 1. The van der Waals surface area contributed by atoms with Gasteiger partial charge in [-0.25, -0.2) is 9.59 Å². The van der Waals surface area contributed by atoms with Crippen LogP contribution in [0.15, 0.2) is 48.5 Å². The molecule has 0 unspecified atom stereocenters. The van der Waals surface area contributed by atoms with Crippen molar-refractivity contribution in [2.24, 2.45) is 0 Å². The van der Waals surface area contributed by atoms with E-state index in [0.29, 0.717) is 24.4 Å². The van der Waals surface area contributed by atoms with E-state index in [0.717, 1.165) is 11.3 Å². The zero-order valence-corrected chi connectivity index (χ0v) is 14.6. The molecule has 2 amide bonds. The lowest BCUT2D eigenvalue weighted by molar-refractivity contribution is 0.0600. The van der Waals surface area contributed by atoms with Gasteiger partial charge < -0.3 is 19.7 Å². The second-order valence-electron chi connectivity index (χ2n) is 5.43. The first-order valence-corrected chi connectivity index (χ1v) is 7.95. The Bertz CT molecular complexity index is 711. The number of hydrogen-bond acceptors (Lipinski definition) is 4. The average molecular weight is 342 g/mol. The Kier molecular flexibility index (Phi) is 6.39. The van der Waals surface area contributed by atoms with E-state index in [9.17, 15) is 9.59 Å². The maximum absolute atomic E-state index is 12.3. The summed E-state index contributed by atoms with van der Waals surface area (Å²) < 4.78 is 10.0. The van der Waals surface area contributed by atoms with Crippen LogP contribution < -0.4 is 10.1 Å². The maximum atomic E-state index is 12.3. The molecule has 0 aliphatic rings. The molecular formula is C19H22N2O4. The fraction of sp³-hybridized carbons (Fsp3) is 0.263. The van der Waals surface area contributed by atoms with Crippen molar-refractivity contribution >= 4 is 17.7 Å². The highest BCUT2D eigenvalue weighted by atomic mass is 16.5. The Morgan fingerprint density at radius 2 is 1.68 bits per heavy atom. The first-order chi connectivity index (χ1) is 12.0. The van der Waals surface area contributed by atoms with Crippen LogP contribution in [0.2, 0.25) is 0 Å². The van der Waals surface area contributed by atoms with E-state index in [-0.39, 0.29) is 6.03 Å². The third-order valence-electron chi connectivity index (χ3n) is 3.56. The standard InChI is InChI=1S/C19H22N2O4/c1-4-25-17-11-5-14(6-12-17)13-21(2)19(23)20-16-9-7-15(8-10-16)18(22)24-3/h5-12H,4,13H2,1-3H3,(H,20,23). The Morgan fingerprint density at radius 3 is 2.24 bits per heavy atom. The lowest BCUT2D eigenvalue weighted by atomic mass is 10.2. The van der Waals surface area contributed by atoms with E-state index in [2.05, 4.69) is 10.1 Å². The average Bonchev–Trinajstić information content (AvgIpc) is 2.63. The van der Waals surface area contributed by atoms with Gasteiger partial charge in [0.15, 0.2) is 0 Å². The van der Waals surface area contributed by atoms with Crippen molar-refractivity contribution < 1.29 is 19.1 Å². The lowest BCUT2D eigenvalue weighted by Crippen LogP contribution is -2.30. The number of hydrogen-bond donors (Lipinski definition) is 1. The van der Waals surface area contributed by atoms with Crippen molar-refractivity contribution in [2.75, 3.05) is 26.1 Å². The van der Waals surface area contributed by atoms with Crippen LogP contribution in [-0.2, 0) is 11.3 Å². The van der Waals surface area contributed by atoms with Gasteiger partial charge in [-0.1, -0.05) is 12.1 Å². The van der Waals surface area contributed by atoms with Gasteiger partial charge in [0.1, 0.15) is 5.75 Å². The Balaban J connectivity index is 1.92. The molecule has 2 aromatic carbocycles. The molecular weight excluding hydrogens is 320 g/mol. The first-order valence-electron chi connectivity index (χ1n) is 7.95. The Morgan fingerprint density at radius 1 is 1.04 bits per heavy atom. The molecule has 6 heteroatoms. The third-order valence-corrected chi connectivity index (χ3v) is 3.56. The first kappa shape index (κ1) is 18.3. The molecule has 0 saturated carbocycles. The van der Waals surface area contributed by atoms with Crippen molar-refractivity contribution in [3.8, 4) is 5.75 Å². The van der Waals surface area contributed by atoms with Crippen molar-refractivity contribution in [1.29, 1.82) is 0 Å². The molecule has 0 saturated heterocycles. The highest BCUT2D eigenvalue weighted by Crippen LogP contribution is 2.15. The molecule has 25 heavy (non-hydrogen) atoms. The van der Waals surface area contributed by atoms with Crippen LogP contribution in [0.3, 0.4) is 0 Å². The van der Waals surface area contributed by atoms with Crippen LogP contribution in [0.1, 0.15) is 22.8 Å². The van der Waals surface area contributed by atoms with Gasteiger partial charge in [-0.05, 0) is 48.9 Å². The predicted molar refractivity (Wildman–Crippen MR) is 95.9 cm³/mol. The fourth-order valence-electron chi connectivity index (χ4n) is 2.23. The summed E-state index contributed by atoms with van der Waals surface area (Å²) >= 11 is 0. The van der Waals surface area contributed by atoms with E-state index < -0.39 is 5.97 Å². The Hall–Kier alpha value is -3.02. The van der Waals surface area contributed by atoms with Crippen molar-refractivity contribution in [3.05, 3.63) is 59.7 Å². The van der Waals surface area contributed by atoms with Gasteiger partial charge in [-0.3, -0.25) is 0 Å². The molecule has 0 fully saturated rings. The summed E-state index contributed by atoms with van der Waals surface area (Å²) in [5, 5.41) is 2.79. The number of urea groups is 1. The molecule has 0 aromatic heterocycles.